The first-order chi connectivity index (χ1) is 8.88. The second-order valence-corrected chi connectivity index (χ2v) is 4.60. The highest BCUT2D eigenvalue weighted by Gasteiger charge is 2.12. The van der Waals surface area contributed by atoms with E-state index in [0.717, 1.165) is 11.3 Å². The van der Waals surface area contributed by atoms with E-state index in [1.54, 1.807) is 6.92 Å². The molecular formula is C14H19NO4. The molecule has 19 heavy (non-hydrogen) atoms. The maximum absolute atomic E-state index is 11.3. The zero-order chi connectivity index (χ0) is 14.4. The Kier molecular flexibility index (Phi) is 5.36. The third kappa shape index (κ3) is 5.42. The lowest BCUT2D eigenvalue weighted by molar-refractivity contribution is -0.140. The summed E-state index contributed by atoms with van der Waals surface area (Å²) in [4.78, 5) is 21.7. The van der Waals surface area contributed by atoms with Crippen LogP contribution in [0.2, 0.25) is 0 Å². The highest BCUT2D eigenvalue weighted by molar-refractivity contribution is 5.93. The van der Waals surface area contributed by atoms with Crippen molar-refractivity contribution in [1.29, 1.82) is 0 Å². The van der Waals surface area contributed by atoms with Crippen molar-refractivity contribution in [1.82, 2.24) is 5.32 Å². The van der Waals surface area contributed by atoms with E-state index >= 15 is 0 Å². The minimum absolute atomic E-state index is 0.110. The Morgan fingerprint density at radius 1 is 1.21 bits per heavy atom. The summed E-state index contributed by atoms with van der Waals surface area (Å²) < 4.78 is 5.52. The third-order valence-corrected chi connectivity index (χ3v) is 2.44. The number of benzene rings is 1. The van der Waals surface area contributed by atoms with Gasteiger partial charge in [0.15, 0.2) is 0 Å². The molecule has 1 rings (SSSR count). The molecule has 0 saturated carbocycles. The smallest absolute Gasteiger partial charge is 0.312 e. The molecular weight excluding hydrogens is 246 g/mol. The largest absolute Gasteiger partial charge is 0.491 e. The minimum Gasteiger partial charge on any atom is -0.491 e. The Morgan fingerprint density at radius 2 is 1.79 bits per heavy atom. The Morgan fingerprint density at radius 3 is 2.26 bits per heavy atom. The summed E-state index contributed by atoms with van der Waals surface area (Å²) in [7, 11) is 0. The second kappa shape index (κ2) is 6.78. The van der Waals surface area contributed by atoms with Gasteiger partial charge in [0.1, 0.15) is 12.2 Å². The van der Waals surface area contributed by atoms with Gasteiger partial charge in [-0.3, -0.25) is 9.59 Å². The first-order valence-electron chi connectivity index (χ1n) is 6.16. The standard InChI is InChI=1S/C14H19NO4/c1-9(2)19-12-6-4-11(5-7-12)10(3)15-13(16)8-14(17)18/h4-7,9-10H,8H2,1-3H3,(H,15,16)(H,17,18). The SMILES string of the molecule is CC(C)Oc1ccc(C(C)NC(=O)CC(=O)O)cc1. The lowest BCUT2D eigenvalue weighted by Crippen LogP contribution is -2.28. The van der Waals surface area contributed by atoms with Gasteiger partial charge in [0.25, 0.3) is 0 Å². The molecule has 5 nitrogen and oxygen atoms in total. The molecule has 1 atom stereocenters. The number of rotatable bonds is 6. The van der Waals surface area contributed by atoms with Crippen LogP contribution in [-0.2, 0) is 9.59 Å². The lowest BCUT2D eigenvalue weighted by Gasteiger charge is -2.15. The van der Waals surface area contributed by atoms with Crippen molar-refractivity contribution in [3.8, 4) is 5.75 Å². The van der Waals surface area contributed by atoms with Gasteiger partial charge in [0.2, 0.25) is 5.91 Å². The molecule has 0 spiro atoms. The van der Waals surface area contributed by atoms with Gasteiger partial charge >= 0.3 is 5.97 Å². The van der Waals surface area contributed by atoms with E-state index < -0.39 is 18.3 Å². The highest BCUT2D eigenvalue weighted by atomic mass is 16.5. The Balaban J connectivity index is 2.59. The molecule has 1 amide bonds. The van der Waals surface area contributed by atoms with Crippen molar-refractivity contribution in [2.45, 2.75) is 39.3 Å². The molecule has 1 aromatic carbocycles. The van der Waals surface area contributed by atoms with E-state index in [0.29, 0.717) is 0 Å². The van der Waals surface area contributed by atoms with Crippen molar-refractivity contribution in [2.75, 3.05) is 0 Å². The zero-order valence-corrected chi connectivity index (χ0v) is 11.3. The van der Waals surface area contributed by atoms with Crippen molar-refractivity contribution in [3.63, 3.8) is 0 Å². The summed E-state index contributed by atoms with van der Waals surface area (Å²) in [5, 5.41) is 11.1. The molecule has 0 aliphatic heterocycles. The van der Waals surface area contributed by atoms with E-state index in [4.69, 9.17) is 9.84 Å². The number of aliphatic carboxylic acids is 1. The van der Waals surface area contributed by atoms with Crippen LogP contribution in [0.15, 0.2) is 24.3 Å². The second-order valence-electron chi connectivity index (χ2n) is 4.60. The van der Waals surface area contributed by atoms with Gasteiger partial charge in [-0.1, -0.05) is 12.1 Å². The lowest BCUT2D eigenvalue weighted by atomic mass is 10.1. The molecule has 0 aliphatic rings. The average Bonchev–Trinajstić information content (AvgIpc) is 2.27. The molecule has 0 aromatic heterocycles. The minimum atomic E-state index is -1.13. The van der Waals surface area contributed by atoms with E-state index in [-0.39, 0.29) is 12.1 Å². The van der Waals surface area contributed by atoms with Gasteiger partial charge in [-0.25, -0.2) is 0 Å². The van der Waals surface area contributed by atoms with E-state index in [1.807, 2.05) is 38.1 Å². The van der Waals surface area contributed by atoms with Gasteiger partial charge < -0.3 is 15.2 Å². The fourth-order valence-corrected chi connectivity index (χ4v) is 1.62. The maximum atomic E-state index is 11.3. The molecule has 2 N–H and O–H groups in total. The molecule has 1 aromatic rings. The molecule has 0 fully saturated rings. The zero-order valence-electron chi connectivity index (χ0n) is 11.3. The van der Waals surface area contributed by atoms with Crippen molar-refractivity contribution >= 4 is 11.9 Å². The fraction of sp³-hybridized carbons (Fsp3) is 0.429. The van der Waals surface area contributed by atoms with Crippen LogP contribution in [0, 0.1) is 0 Å². The summed E-state index contributed by atoms with van der Waals surface area (Å²) in [5.74, 6) is -0.865. The van der Waals surface area contributed by atoms with Gasteiger partial charge in [-0.15, -0.1) is 0 Å². The Labute approximate surface area is 112 Å². The van der Waals surface area contributed by atoms with Crippen molar-refractivity contribution in [2.24, 2.45) is 0 Å². The number of carbonyl (C=O) groups excluding carboxylic acids is 1. The van der Waals surface area contributed by atoms with Crippen LogP contribution in [0.3, 0.4) is 0 Å². The van der Waals surface area contributed by atoms with Gasteiger partial charge in [-0.05, 0) is 38.5 Å². The number of carboxylic acids is 1. The molecule has 0 bridgehead atoms. The van der Waals surface area contributed by atoms with Crippen LogP contribution in [0.5, 0.6) is 5.75 Å². The van der Waals surface area contributed by atoms with Gasteiger partial charge in [0.05, 0.1) is 12.1 Å². The molecule has 0 saturated heterocycles. The third-order valence-electron chi connectivity index (χ3n) is 2.44. The fourth-order valence-electron chi connectivity index (χ4n) is 1.62. The highest BCUT2D eigenvalue weighted by Crippen LogP contribution is 2.18. The first kappa shape index (κ1) is 15.0. The summed E-state index contributed by atoms with van der Waals surface area (Å²) in [6, 6.07) is 7.12. The van der Waals surface area contributed by atoms with E-state index in [2.05, 4.69) is 5.32 Å². The van der Waals surface area contributed by atoms with Gasteiger partial charge in [-0.2, -0.15) is 0 Å². The summed E-state index contributed by atoms with van der Waals surface area (Å²) >= 11 is 0. The van der Waals surface area contributed by atoms with Crippen LogP contribution in [-0.4, -0.2) is 23.1 Å². The Bertz CT molecular complexity index is 439. The summed E-state index contributed by atoms with van der Waals surface area (Å²) in [5.41, 5.74) is 0.898. The summed E-state index contributed by atoms with van der Waals surface area (Å²) in [6.45, 7) is 5.70. The first-order valence-corrected chi connectivity index (χ1v) is 6.16. The topological polar surface area (TPSA) is 75.6 Å². The van der Waals surface area contributed by atoms with Crippen LogP contribution >= 0.6 is 0 Å². The normalized spacial score (nSPS) is 12.0. The van der Waals surface area contributed by atoms with Crippen molar-refractivity contribution < 1.29 is 19.4 Å². The van der Waals surface area contributed by atoms with Crippen LogP contribution < -0.4 is 10.1 Å². The monoisotopic (exact) mass is 265 g/mol. The quantitative estimate of drug-likeness (QED) is 0.772. The van der Waals surface area contributed by atoms with Gasteiger partial charge in [0, 0.05) is 0 Å². The summed E-state index contributed by atoms with van der Waals surface area (Å²) in [6.07, 6.45) is -0.405. The molecule has 0 aliphatic carbocycles. The number of carboxylic acid groups (broad SMARTS) is 1. The Hall–Kier alpha value is -2.04. The number of hydrogen-bond donors (Lipinski definition) is 2. The van der Waals surface area contributed by atoms with Crippen LogP contribution in [0.4, 0.5) is 0 Å². The molecule has 0 radical (unpaired) electrons. The predicted molar refractivity (Wildman–Crippen MR) is 71.0 cm³/mol. The number of nitrogens with one attached hydrogen (secondary N) is 1. The van der Waals surface area contributed by atoms with E-state index in [1.165, 1.54) is 0 Å². The number of ether oxygens (including phenoxy) is 1. The molecule has 0 heterocycles. The molecule has 104 valence electrons. The predicted octanol–water partition coefficient (Wildman–Crippen LogP) is 2.13. The number of hydrogen-bond acceptors (Lipinski definition) is 3. The maximum Gasteiger partial charge on any atom is 0.312 e. The van der Waals surface area contributed by atoms with Crippen LogP contribution in [0.25, 0.3) is 0 Å². The number of amides is 1. The van der Waals surface area contributed by atoms with E-state index in [9.17, 15) is 9.59 Å². The van der Waals surface area contributed by atoms with Crippen LogP contribution in [0.1, 0.15) is 38.8 Å². The molecule has 5 heteroatoms. The van der Waals surface area contributed by atoms with Crippen molar-refractivity contribution in [3.05, 3.63) is 29.8 Å². The molecule has 1 unspecified atom stereocenters. The average molecular weight is 265 g/mol. The number of carbonyl (C=O) groups is 2.